The van der Waals surface area contributed by atoms with E-state index in [1.165, 1.54) is 11.6 Å². The monoisotopic (exact) mass is 373 g/mol. The quantitative estimate of drug-likeness (QED) is 0.785. The lowest BCUT2D eigenvalue weighted by molar-refractivity contribution is 0.0344. The van der Waals surface area contributed by atoms with E-state index in [1.807, 2.05) is 0 Å². The number of nitrogens with one attached hydrogen (secondary N) is 2. The van der Waals surface area contributed by atoms with E-state index in [0.717, 1.165) is 38.4 Å². The predicted molar refractivity (Wildman–Crippen MR) is 107 cm³/mol. The lowest BCUT2D eigenvalue weighted by Gasteiger charge is -2.31. The van der Waals surface area contributed by atoms with Crippen LogP contribution in [0.1, 0.15) is 17.2 Å². The van der Waals surface area contributed by atoms with E-state index < -0.39 is 0 Å². The Morgan fingerprint density at radius 1 is 1.15 bits per heavy atom. The summed E-state index contributed by atoms with van der Waals surface area (Å²) in [6, 6.07) is 14.9. The normalized spacial score (nSPS) is 16.1. The maximum absolute atomic E-state index is 13.9. The van der Waals surface area contributed by atoms with Crippen molar-refractivity contribution in [3.63, 3.8) is 0 Å². The summed E-state index contributed by atoms with van der Waals surface area (Å²) in [4.78, 5) is 2.35. The predicted octanol–water partition coefficient (Wildman–Crippen LogP) is 3.49. The number of rotatable bonds is 5. The highest BCUT2D eigenvalue weighted by molar-refractivity contribution is 7.80. The first-order valence-corrected chi connectivity index (χ1v) is 9.21. The molecule has 4 nitrogen and oxygen atoms in total. The van der Waals surface area contributed by atoms with Crippen LogP contribution < -0.4 is 10.6 Å². The van der Waals surface area contributed by atoms with E-state index in [-0.39, 0.29) is 11.9 Å². The second-order valence-electron chi connectivity index (χ2n) is 6.45. The molecule has 1 atom stereocenters. The Morgan fingerprint density at radius 3 is 2.54 bits per heavy atom. The van der Waals surface area contributed by atoms with Gasteiger partial charge in [-0.25, -0.2) is 4.39 Å². The number of hydrogen-bond acceptors (Lipinski definition) is 3. The number of ether oxygens (including phenoxy) is 1. The highest BCUT2D eigenvalue weighted by atomic mass is 32.1. The van der Waals surface area contributed by atoms with Crippen molar-refractivity contribution in [3.8, 4) is 0 Å². The second-order valence-corrected chi connectivity index (χ2v) is 6.86. The fourth-order valence-corrected chi connectivity index (χ4v) is 3.21. The van der Waals surface area contributed by atoms with Gasteiger partial charge in [-0.1, -0.05) is 42.0 Å². The summed E-state index contributed by atoms with van der Waals surface area (Å²) >= 11 is 5.43. The first-order chi connectivity index (χ1) is 12.6. The minimum absolute atomic E-state index is 0.0143. The molecule has 0 saturated carbocycles. The van der Waals surface area contributed by atoms with Crippen LogP contribution in [0, 0.1) is 12.7 Å². The van der Waals surface area contributed by atoms with E-state index in [1.54, 1.807) is 18.2 Å². The zero-order valence-corrected chi connectivity index (χ0v) is 15.7. The third-order valence-electron chi connectivity index (χ3n) is 4.45. The van der Waals surface area contributed by atoms with Crippen molar-refractivity contribution in [3.05, 3.63) is 65.5 Å². The van der Waals surface area contributed by atoms with Crippen LogP contribution >= 0.6 is 12.2 Å². The third kappa shape index (κ3) is 5.24. The van der Waals surface area contributed by atoms with E-state index in [0.29, 0.717) is 10.8 Å². The minimum atomic E-state index is -0.322. The SMILES string of the molecule is Cc1ccc([C@H](CN2CCOCC2)NC(=S)Nc2ccccc2F)cc1. The van der Waals surface area contributed by atoms with Crippen LogP contribution in [0.4, 0.5) is 10.1 Å². The largest absolute Gasteiger partial charge is 0.379 e. The molecule has 138 valence electrons. The summed E-state index contributed by atoms with van der Waals surface area (Å²) in [5.74, 6) is -0.322. The average Bonchev–Trinajstić information content (AvgIpc) is 2.65. The van der Waals surface area contributed by atoms with Crippen molar-refractivity contribution in [2.24, 2.45) is 0 Å². The number of para-hydroxylation sites is 1. The molecule has 0 radical (unpaired) electrons. The summed E-state index contributed by atoms with van der Waals surface area (Å²) in [5.41, 5.74) is 2.74. The van der Waals surface area contributed by atoms with Crippen LogP contribution in [0.2, 0.25) is 0 Å². The molecule has 1 heterocycles. The highest BCUT2D eigenvalue weighted by Crippen LogP contribution is 2.18. The number of hydrogen-bond donors (Lipinski definition) is 2. The molecule has 0 unspecified atom stereocenters. The van der Waals surface area contributed by atoms with Crippen LogP contribution in [-0.2, 0) is 4.74 Å². The smallest absolute Gasteiger partial charge is 0.171 e. The Balaban J connectivity index is 1.70. The first-order valence-electron chi connectivity index (χ1n) is 8.80. The number of anilines is 1. The maximum Gasteiger partial charge on any atom is 0.171 e. The summed E-state index contributed by atoms with van der Waals surface area (Å²) in [5, 5.41) is 6.72. The molecule has 26 heavy (non-hydrogen) atoms. The number of thiocarbonyl (C=S) groups is 1. The van der Waals surface area contributed by atoms with Crippen LogP contribution in [0.15, 0.2) is 48.5 Å². The molecule has 2 aromatic rings. The minimum Gasteiger partial charge on any atom is -0.379 e. The fraction of sp³-hybridized carbons (Fsp3) is 0.350. The van der Waals surface area contributed by atoms with Crippen LogP contribution in [-0.4, -0.2) is 42.9 Å². The van der Waals surface area contributed by atoms with Crippen molar-refractivity contribution in [2.45, 2.75) is 13.0 Å². The Bertz CT molecular complexity index is 732. The van der Waals surface area contributed by atoms with Gasteiger partial charge in [0.1, 0.15) is 5.82 Å². The van der Waals surface area contributed by atoms with Gasteiger partial charge in [0, 0.05) is 19.6 Å². The van der Waals surface area contributed by atoms with Gasteiger partial charge < -0.3 is 15.4 Å². The average molecular weight is 373 g/mol. The van der Waals surface area contributed by atoms with Crippen molar-refractivity contribution < 1.29 is 9.13 Å². The Morgan fingerprint density at radius 2 is 1.85 bits per heavy atom. The topological polar surface area (TPSA) is 36.5 Å². The molecule has 0 aliphatic carbocycles. The van der Waals surface area contributed by atoms with Gasteiger partial charge in [0.25, 0.3) is 0 Å². The number of benzene rings is 2. The number of halogens is 1. The summed E-state index contributed by atoms with van der Waals surface area (Å²) in [6.45, 7) is 6.18. The van der Waals surface area contributed by atoms with E-state index in [9.17, 15) is 4.39 Å². The zero-order valence-electron chi connectivity index (χ0n) is 14.9. The number of morpholine rings is 1. The van der Waals surface area contributed by atoms with E-state index >= 15 is 0 Å². The number of nitrogens with zero attached hydrogens (tertiary/aromatic N) is 1. The van der Waals surface area contributed by atoms with Crippen LogP contribution in [0.25, 0.3) is 0 Å². The zero-order chi connectivity index (χ0) is 18.4. The molecule has 0 amide bonds. The summed E-state index contributed by atoms with van der Waals surface area (Å²) in [7, 11) is 0. The molecule has 1 aliphatic rings. The van der Waals surface area contributed by atoms with Crippen molar-refractivity contribution in [2.75, 3.05) is 38.2 Å². The molecule has 2 N–H and O–H groups in total. The van der Waals surface area contributed by atoms with Gasteiger partial charge in [0.05, 0.1) is 24.9 Å². The highest BCUT2D eigenvalue weighted by Gasteiger charge is 2.19. The Labute approximate surface area is 159 Å². The first kappa shape index (κ1) is 18.8. The van der Waals surface area contributed by atoms with Crippen LogP contribution in [0.5, 0.6) is 0 Å². The third-order valence-corrected chi connectivity index (χ3v) is 4.67. The number of aryl methyl sites for hydroxylation is 1. The molecule has 2 aromatic carbocycles. The molecule has 1 saturated heterocycles. The van der Waals surface area contributed by atoms with Crippen molar-refractivity contribution in [1.29, 1.82) is 0 Å². The van der Waals surface area contributed by atoms with Crippen molar-refractivity contribution >= 4 is 23.0 Å². The Hall–Kier alpha value is -2.02. The molecule has 6 heteroatoms. The second kappa shape index (κ2) is 9.07. The fourth-order valence-electron chi connectivity index (χ4n) is 2.95. The van der Waals surface area contributed by atoms with Gasteiger partial charge in [0.15, 0.2) is 5.11 Å². The Kier molecular flexibility index (Phi) is 6.55. The van der Waals surface area contributed by atoms with E-state index in [4.69, 9.17) is 17.0 Å². The molecule has 1 aliphatic heterocycles. The van der Waals surface area contributed by atoms with Crippen LogP contribution in [0.3, 0.4) is 0 Å². The molecule has 3 rings (SSSR count). The molecule has 0 aromatic heterocycles. The lowest BCUT2D eigenvalue weighted by atomic mass is 10.0. The molecule has 0 spiro atoms. The standard InChI is InChI=1S/C20H24FN3OS/c1-15-6-8-16(9-7-15)19(14-24-10-12-25-13-11-24)23-20(26)22-18-5-3-2-4-17(18)21/h2-9,19H,10-14H2,1H3,(H2,22,23,26)/t19-/m0/s1. The molecular formula is C20H24FN3OS. The molecule has 0 bridgehead atoms. The van der Waals surface area contributed by atoms with E-state index in [2.05, 4.69) is 46.7 Å². The molecular weight excluding hydrogens is 349 g/mol. The van der Waals surface area contributed by atoms with Gasteiger partial charge in [0.2, 0.25) is 0 Å². The lowest BCUT2D eigenvalue weighted by Crippen LogP contribution is -2.44. The van der Waals surface area contributed by atoms with Gasteiger partial charge in [-0.3, -0.25) is 4.90 Å². The maximum atomic E-state index is 13.9. The van der Waals surface area contributed by atoms with Gasteiger partial charge in [-0.15, -0.1) is 0 Å². The van der Waals surface area contributed by atoms with Crippen molar-refractivity contribution in [1.82, 2.24) is 10.2 Å². The summed E-state index contributed by atoms with van der Waals surface area (Å²) in [6.07, 6.45) is 0. The summed E-state index contributed by atoms with van der Waals surface area (Å²) < 4.78 is 19.3. The van der Waals surface area contributed by atoms with Gasteiger partial charge >= 0.3 is 0 Å². The van der Waals surface area contributed by atoms with Gasteiger partial charge in [-0.2, -0.15) is 0 Å². The van der Waals surface area contributed by atoms with Gasteiger partial charge in [-0.05, 0) is 36.8 Å². The molecule has 1 fully saturated rings.